The van der Waals surface area contributed by atoms with E-state index in [-0.39, 0.29) is 5.91 Å². The van der Waals surface area contributed by atoms with Gasteiger partial charge in [0.15, 0.2) is 5.82 Å². The van der Waals surface area contributed by atoms with E-state index in [0.717, 1.165) is 17.3 Å². The van der Waals surface area contributed by atoms with Crippen LogP contribution in [0, 0.1) is 0 Å². The summed E-state index contributed by atoms with van der Waals surface area (Å²) in [5.74, 6) is 0.159. The topological polar surface area (TPSA) is 54.9 Å². The molecule has 1 N–H and O–H groups in total. The Labute approximate surface area is 141 Å². The van der Waals surface area contributed by atoms with Crippen molar-refractivity contribution in [1.29, 1.82) is 0 Å². The number of nitrogens with zero attached hydrogens (tertiary/aromatic N) is 2. The zero-order valence-electron chi connectivity index (χ0n) is 11.1. The molecule has 0 aliphatic heterocycles. The lowest BCUT2D eigenvalue weighted by Crippen LogP contribution is -2.12. The molecule has 7 heteroatoms. The molecule has 0 aliphatic rings. The third kappa shape index (κ3) is 3.27. The summed E-state index contributed by atoms with van der Waals surface area (Å²) in [6, 6.07) is 13.8. The van der Waals surface area contributed by atoms with Crippen LogP contribution in [0.3, 0.4) is 0 Å². The highest BCUT2D eigenvalue weighted by Crippen LogP contribution is 2.27. The van der Waals surface area contributed by atoms with Gasteiger partial charge in [0, 0.05) is 21.2 Å². The van der Waals surface area contributed by atoms with Crippen LogP contribution >= 0.6 is 34.9 Å². The second-order valence-corrected chi connectivity index (χ2v) is 5.83. The second kappa shape index (κ2) is 6.44. The fourth-order valence-corrected chi connectivity index (χ4v) is 2.63. The molecule has 3 aromatic rings. The average Bonchev–Trinajstić information content (AvgIpc) is 2.97. The minimum atomic E-state index is -0.264. The monoisotopic (exact) mass is 349 g/mol. The zero-order chi connectivity index (χ0) is 15.5. The van der Waals surface area contributed by atoms with Gasteiger partial charge in [0.1, 0.15) is 5.69 Å². The first-order valence-corrected chi connectivity index (χ1v) is 7.77. The molecule has 4 nitrogen and oxygen atoms in total. The molecule has 1 amide bonds. The van der Waals surface area contributed by atoms with Crippen LogP contribution < -0.4 is 5.32 Å². The number of aromatic nitrogens is 2. The smallest absolute Gasteiger partial charge is 0.256 e. The summed E-state index contributed by atoms with van der Waals surface area (Å²) in [7, 11) is 0. The Morgan fingerprint density at radius 2 is 1.50 bits per heavy atom. The standard InChI is InChI=1S/C15H9Cl2N3OS/c16-11-5-1-9(2-6-11)13-14(20-22-19-13)18-15(21)10-3-7-12(17)8-4-10/h1-8H,(H,18,20,21). The second-order valence-electron chi connectivity index (χ2n) is 4.43. The number of nitrogens with one attached hydrogen (secondary N) is 1. The van der Waals surface area contributed by atoms with Gasteiger partial charge in [-0.3, -0.25) is 4.79 Å². The van der Waals surface area contributed by atoms with Gasteiger partial charge < -0.3 is 5.32 Å². The van der Waals surface area contributed by atoms with Gasteiger partial charge in [-0.2, -0.15) is 8.75 Å². The molecule has 0 fully saturated rings. The molecule has 0 aliphatic carbocycles. The van der Waals surface area contributed by atoms with E-state index in [1.807, 2.05) is 12.1 Å². The van der Waals surface area contributed by atoms with E-state index in [9.17, 15) is 4.79 Å². The number of amides is 1. The molecule has 110 valence electrons. The van der Waals surface area contributed by atoms with E-state index >= 15 is 0 Å². The largest absolute Gasteiger partial charge is 0.304 e. The Morgan fingerprint density at radius 1 is 0.909 bits per heavy atom. The predicted octanol–water partition coefficient (Wildman–Crippen LogP) is 4.76. The molecule has 2 aromatic carbocycles. The van der Waals surface area contributed by atoms with Crippen molar-refractivity contribution in [2.24, 2.45) is 0 Å². The average molecular weight is 350 g/mol. The quantitative estimate of drug-likeness (QED) is 0.741. The Kier molecular flexibility index (Phi) is 4.38. The summed E-state index contributed by atoms with van der Waals surface area (Å²) in [5, 5.41) is 3.98. The maximum absolute atomic E-state index is 12.2. The fraction of sp³-hybridized carbons (Fsp3) is 0. The van der Waals surface area contributed by atoms with Crippen LogP contribution in [-0.2, 0) is 0 Å². The van der Waals surface area contributed by atoms with Crippen LogP contribution in [0.1, 0.15) is 10.4 Å². The molecule has 0 saturated heterocycles. The summed E-state index contributed by atoms with van der Waals surface area (Å²) < 4.78 is 8.37. The van der Waals surface area contributed by atoms with E-state index in [0.29, 0.717) is 27.1 Å². The van der Waals surface area contributed by atoms with Gasteiger partial charge in [-0.15, -0.1) is 0 Å². The maximum atomic E-state index is 12.2. The van der Waals surface area contributed by atoms with Gasteiger partial charge in [0.2, 0.25) is 0 Å². The summed E-state index contributed by atoms with van der Waals surface area (Å²) in [6.45, 7) is 0. The molecule has 22 heavy (non-hydrogen) atoms. The van der Waals surface area contributed by atoms with Crippen LogP contribution in [-0.4, -0.2) is 14.7 Å². The summed E-state index contributed by atoms with van der Waals surface area (Å²) in [5.41, 5.74) is 1.95. The van der Waals surface area contributed by atoms with Gasteiger partial charge in [-0.05, 0) is 36.4 Å². The van der Waals surface area contributed by atoms with E-state index in [1.165, 1.54) is 0 Å². The van der Waals surface area contributed by atoms with Crippen molar-refractivity contribution in [2.75, 3.05) is 5.32 Å². The van der Waals surface area contributed by atoms with Crippen molar-refractivity contribution in [3.8, 4) is 11.3 Å². The fourth-order valence-electron chi connectivity index (χ4n) is 1.85. The van der Waals surface area contributed by atoms with Crippen molar-refractivity contribution in [2.45, 2.75) is 0 Å². The number of anilines is 1. The van der Waals surface area contributed by atoms with Crippen LogP contribution in [0.4, 0.5) is 5.82 Å². The lowest BCUT2D eigenvalue weighted by Gasteiger charge is -2.05. The minimum Gasteiger partial charge on any atom is -0.304 e. The highest BCUT2D eigenvalue weighted by molar-refractivity contribution is 6.99. The van der Waals surface area contributed by atoms with Crippen molar-refractivity contribution in [1.82, 2.24) is 8.75 Å². The molecule has 0 saturated carbocycles. The Morgan fingerprint density at radius 3 is 2.14 bits per heavy atom. The molecule has 0 spiro atoms. The van der Waals surface area contributed by atoms with Crippen molar-refractivity contribution in [3.63, 3.8) is 0 Å². The van der Waals surface area contributed by atoms with Crippen molar-refractivity contribution < 1.29 is 4.79 Å². The number of carbonyl (C=O) groups excluding carboxylic acids is 1. The van der Waals surface area contributed by atoms with Crippen LogP contribution in [0.25, 0.3) is 11.3 Å². The summed E-state index contributed by atoms with van der Waals surface area (Å²) >= 11 is 12.7. The zero-order valence-corrected chi connectivity index (χ0v) is 13.4. The van der Waals surface area contributed by atoms with E-state index in [4.69, 9.17) is 23.2 Å². The lowest BCUT2D eigenvalue weighted by atomic mass is 10.1. The van der Waals surface area contributed by atoms with Crippen LogP contribution in [0.2, 0.25) is 10.0 Å². The number of hydrogen-bond acceptors (Lipinski definition) is 4. The summed E-state index contributed by atoms with van der Waals surface area (Å²) in [6.07, 6.45) is 0. The first-order chi connectivity index (χ1) is 10.6. The SMILES string of the molecule is O=C(Nc1nsnc1-c1ccc(Cl)cc1)c1ccc(Cl)cc1. The molecule has 0 unspecified atom stereocenters. The van der Waals surface area contributed by atoms with Crippen molar-refractivity contribution >= 4 is 46.7 Å². The Bertz CT molecular complexity index is 800. The molecular formula is C15H9Cl2N3OS. The van der Waals surface area contributed by atoms with Crippen molar-refractivity contribution in [3.05, 3.63) is 64.1 Å². The maximum Gasteiger partial charge on any atom is 0.256 e. The molecule has 0 radical (unpaired) electrons. The van der Waals surface area contributed by atoms with Gasteiger partial charge in [0.25, 0.3) is 5.91 Å². The Balaban J connectivity index is 1.84. The molecular weight excluding hydrogens is 341 g/mol. The lowest BCUT2D eigenvalue weighted by molar-refractivity contribution is 0.102. The van der Waals surface area contributed by atoms with Gasteiger partial charge in [-0.25, -0.2) is 0 Å². The normalized spacial score (nSPS) is 10.5. The number of carbonyl (C=O) groups is 1. The Hall–Kier alpha value is -1.95. The minimum absolute atomic E-state index is 0.264. The third-order valence-electron chi connectivity index (χ3n) is 2.94. The summed E-state index contributed by atoms with van der Waals surface area (Å²) in [4.78, 5) is 12.2. The highest BCUT2D eigenvalue weighted by Gasteiger charge is 2.14. The number of benzene rings is 2. The van der Waals surface area contributed by atoms with Gasteiger partial charge in [-0.1, -0.05) is 35.3 Å². The van der Waals surface area contributed by atoms with E-state index < -0.39 is 0 Å². The van der Waals surface area contributed by atoms with Crippen LogP contribution in [0.15, 0.2) is 48.5 Å². The van der Waals surface area contributed by atoms with E-state index in [2.05, 4.69) is 14.1 Å². The predicted molar refractivity (Wildman–Crippen MR) is 89.8 cm³/mol. The number of halogens is 2. The molecule has 0 atom stereocenters. The molecule has 1 aromatic heterocycles. The first-order valence-electron chi connectivity index (χ1n) is 6.29. The number of hydrogen-bond donors (Lipinski definition) is 1. The molecule has 0 bridgehead atoms. The first kappa shape index (κ1) is 15.0. The third-order valence-corrected chi connectivity index (χ3v) is 3.98. The molecule has 3 rings (SSSR count). The highest BCUT2D eigenvalue weighted by atomic mass is 35.5. The molecule has 1 heterocycles. The van der Waals surface area contributed by atoms with Crippen LogP contribution in [0.5, 0.6) is 0 Å². The van der Waals surface area contributed by atoms with Gasteiger partial charge in [0.05, 0.1) is 11.7 Å². The van der Waals surface area contributed by atoms with Gasteiger partial charge >= 0.3 is 0 Å². The number of rotatable bonds is 3. The van der Waals surface area contributed by atoms with E-state index in [1.54, 1.807) is 36.4 Å².